The molecule has 3 aromatic rings. The minimum atomic E-state index is -0.196. The van der Waals surface area contributed by atoms with E-state index in [1.807, 2.05) is 31.2 Å². The van der Waals surface area contributed by atoms with Gasteiger partial charge in [-0.25, -0.2) is 0 Å². The minimum Gasteiger partial charge on any atom is -0.426 e. The van der Waals surface area contributed by atoms with Gasteiger partial charge in [0.2, 0.25) is 0 Å². The lowest BCUT2D eigenvalue weighted by Crippen LogP contribution is -2.21. The maximum absolute atomic E-state index is 12.2. The predicted molar refractivity (Wildman–Crippen MR) is 115 cm³/mol. The van der Waals surface area contributed by atoms with E-state index in [0.29, 0.717) is 11.1 Å². The van der Waals surface area contributed by atoms with Crippen molar-refractivity contribution in [1.29, 1.82) is 0 Å². The summed E-state index contributed by atoms with van der Waals surface area (Å²) in [5.41, 5.74) is 0. The molecule has 0 fully saturated rings. The minimum absolute atomic E-state index is 0.118. The van der Waals surface area contributed by atoms with Gasteiger partial charge < -0.3 is 4.74 Å². The fourth-order valence-corrected chi connectivity index (χ4v) is 5.51. The van der Waals surface area contributed by atoms with Gasteiger partial charge in [-0.1, -0.05) is 59.3 Å². The van der Waals surface area contributed by atoms with Gasteiger partial charge in [0, 0.05) is 5.33 Å². The molecule has 1 atom stereocenters. The van der Waals surface area contributed by atoms with Crippen LogP contribution in [0.4, 0.5) is 0 Å². The summed E-state index contributed by atoms with van der Waals surface area (Å²) in [4.78, 5) is 15.9. The van der Waals surface area contributed by atoms with E-state index >= 15 is 0 Å². The fraction of sp³-hybridized carbons (Fsp3) is 0.174. The molecule has 3 rings (SSSR count). The van der Waals surface area contributed by atoms with Gasteiger partial charge >= 0.3 is 5.97 Å². The van der Waals surface area contributed by atoms with E-state index in [0.717, 1.165) is 6.42 Å². The lowest BCUT2D eigenvalue weighted by Gasteiger charge is -2.12. The first-order valence-corrected chi connectivity index (χ1v) is 11.3. The van der Waals surface area contributed by atoms with Crippen LogP contribution in [0, 0.1) is 5.92 Å². The number of alkyl halides is 1. The maximum atomic E-state index is 12.2. The van der Waals surface area contributed by atoms with Crippen LogP contribution in [-0.2, 0) is 15.7 Å². The van der Waals surface area contributed by atoms with Crippen molar-refractivity contribution in [2.45, 2.75) is 28.0 Å². The number of benzene rings is 3. The highest BCUT2D eigenvalue weighted by Gasteiger charge is 2.28. The number of halogens is 1. The molecule has 0 heterocycles. The van der Waals surface area contributed by atoms with Crippen molar-refractivity contribution < 1.29 is 9.53 Å². The number of carbonyl (C=O) groups is 1. The molecule has 27 heavy (non-hydrogen) atoms. The number of hydrogen-bond acceptors (Lipinski definition) is 2. The second-order valence-corrected chi connectivity index (χ2v) is 8.76. The summed E-state index contributed by atoms with van der Waals surface area (Å²) < 4.78 is 5.54. The maximum Gasteiger partial charge on any atom is 0.315 e. The van der Waals surface area contributed by atoms with Crippen LogP contribution in [0.1, 0.15) is 13.3 Å². The normalized spacial score (nSPS) is 12.0. The van der Waals surface area contributed by atoms with Crippen LogP contribution in [0.25, 0.3) is 0 Å². The van der Waals surface area contributed by atoms with E-state index in [2.05, 4.69) is 76.6 Å². The monoisotopic (exact) mass is 441 g/mol. The summed E-state index contributed by atoms with van der Waals surface area (Å²) in [6.07, 6.45) is 0.758. The highest BCUT2D eigenvalue weighted by Crippen LogP contribution is 2.32. The first-order chi connectivity index (χ1) is 13.2. The van der Waals surface area contributed by atoms with Gasteiger partial charge in [-0.3, -0.25) is 4.79 Å². The number of esters is 1. The molecule has 0 aliphatic rings. The Kier molecular flexibility index (Phi) is 7.13. The Balaban J connectivity index is 1.87. The first-order valence-electron chi connectivity index (χ1n) is 8.95. The van der Waals surface area contributed by atoms with Crippen LogP contribution in [0.5, 0.6) is 5.75 Å². The molecule has 0 N–H and O–H groups in total. The molecule has 0 saturated carbocycles. The van der Waals surface area contributed by atoms with Crippen molar-refractivity contribution in [3.63, 3.8) is 0 Å². The van der Waals surface area contributed by atoms with Gasteiger partial charge in [0.15, 0.2) is 14.7 Å². The van der Waals surface area contributed by atoms with Gasteiger partial charge in [-0.15, -0.1) is 0 Å². The largest absolute Gasteiger partial charge is 0.426 e. The fourth-order valence-electron chi connectivity index (χ4n) is 2.70. The smallest absolute Gasteiger partial charge is 0.315 e. The third-order valence-corrected chi connectivity index (χ3v) is 7.26. The second-order valence-electron chi connectivity index (χ2n) is 6.08. The third kappa shape index (κ3) is 5.02. The van der Waals surface area contributed by atoms with Crippen molar-refractivity contribution in [3.05, 3.63) is 84.9 Å². The molecule has 1 unspecified atom stereocenters. The zero-order chi connectivity index (χ0) is 19.1. The highest BCUT2D eigenvalue weighted by atomic mass is 79.9. The molecule has 0 aliphatic carbocycles. The molecule has 138 valence electrons. The number of ether oxygens (including phenoxy) is 1. The highest BCUT2D eigenvalue weighted by molar-refractivity contribution is 9.09. The van der Waals surface area contributed by atoms with Crippen LogP contribution in [0.3, 0.4) is 0 Å². The lowest BCUT2D eigenvalue weighted by molar-refractivity contribution is -0.138. The predicted octanol–water partition coefficient (Wildman–Crippen LogP) is 6.11. The van der Waals surface area contributed by atoms with Crippen LogP contribution < -0.4 is 4.74 Å². The molecule has 0 aliphatic heterocycles. The molecular formula is C23H22BrO2S+. The van der Waals surface area contributed by atoms with Crippen molar-refractivity contribution in [3.8, 4) is 5.75 Å². The average Bonchev–Trinajstić information content (AvgIpc) is 2.72. The van der Waals surface area contributed by atoms with E-state index < -0.39 is 0 Å². The average molecular weight is 442 g/mol. The molecule has 2 nitrogen and oxygen atoms in total. The molecule has 0 spiro atoms. The van der Waals surface area contributed by atoms with Crippen molar-refractivity contribution in [1.82, 2.24) is 0 Å². The number of hydrogen-bond donors (Lipinski definition) is 0. The van der Waals surface area contributed by atoms with Crippen LogP contribution in [0.2, 0.25) is 0 Å². The van der Waals surface area contributed by atoms with Crippen LogP contribution in [0.15, 0.2) is 99.6 Å². The van der Waals surface area contributed by atoms with Crippen molar-refractivity contribution >= 4 is 32.8 Å². The molecular weight excluding hydrogens is 420 g/mol. The first kappa shape index (κ1) is 19.7. The Bertz CT molecular complexity index is 807. The van der Waals surface area contributed by atoms with E-state index in [1.165, 1.54) is 14.7 Å². The van der Waals surface area contributed by atoms with Crippen LogP contribution >= 0.6 is 15.9 Å². The van der Waals surface area contributed by atoms with Gasteiger partial charge in [0.1, 0.15) is 5.75 Å². The topological polar surface area (TPSA) is 26.3 Å². The Hall–Kier alpha value is -2.04. The Morgan fingerprint density at radius 2 is 1.33 bits per heavy atom. The summed E-state index contributed by atoms with van der Waals surface area (Å²) in [5.74, 6) is 0.285. The Labute approximate surface area is 172 Å². The van der Waals surface area contributed by atoms with Gasteiger partial charge in [0.05, 0.1) is 16.8 Å². The Morgan fingerprint density at radius 1 is 0.852 bits per heavy atom. The Morgan fingerprint density at radius 3 is 1.78 bits per heavy atom. The molecule has 0 bridgehead atoms. The summed E-state index contributed by atoms with van der Waals surface area (Å²) in [7, 11) is -0.196. The molecule has 0 aromatic heterocycles. The zero-order valence-corrected chi connectivity index (χ0v) is 17.6. The van der Waals surface area contributed by atoms with Crippen LogP contribution in [-0.4, -0.2) is 11.3 Å². The molecule has 4 heteroatoms. The summed E-state index contributed by atoms with van der Waals surface area (Å²) in [6.45, 7) is 1.99. The molecule has 0 radical (unpaired) electrons. The van der Waals surface area contributed by atoms with Gasteiger partial charge in [0.25, 0.3) is 0 Å². The lowest BCUT2D eigenvalue weighted by atomic mass is 10.1. The van der Waals surface area contributed by atoms with E-state index in [-0.39, 0.29) is 22.8 Å². The molecule has 3 aromatic carbocycles. The van der Waals surface area contributed by atoms with Crippen molar-refractivity contribution in [2.24, 2.45) is 5.92 Å². The van der Waals surface area contributed by atoms with E-state index in [9.17, 15) is 4.79 Å². The van der Waals surface area contributed by atoms with E-state index in [1.54, 1.807) is 0 Å². The SMILES string of the molecule is CCC(CBr)C(=O)Oc1ccc([S+](c2ccccc2)c2ccccc2)cc1. The summed E-state index contributed by atoms with van der Waals surface area (Å²) in [6, 6.07) is 28.9. The third-order valence-electron chi connectivity index (χ3n) is 4.25. The quantitative estimate of drug-likeness (QED) is 0.191. The van der Waals surface area contributed by atoms with Gasteiger partial charge in [-0.05, 0) is 55.0 Å². The summed E-state index contributed by atoms with van der Waals surface area (Å²) >= 11 is 3.37. The second kappa shape index (κ2) is 9.77. The number of carbonyl (C=O) groups excluding carboxylic acids is 1. The summed E-state index contributed by atoms with van der Waals surface area (Å²) in [5, 5.41) is 0.617. The van der Waals surface area contributed by atoms with E-state index in [4.69, 9.17) is 4.74 Å². The standard InChI is InChI=1S/C23H22BrO2S/c1-2-18(17-24)23(25)26-19-13-15-22(16-14-19)27(20-9-5-3-6-10-20)21-11-7-4-8-12-21/h3-16,18H,2,17H2,1H3/q+1. The number of rotatable bonds is 7. The molecule has 0 amide bonds. The van der Waals surface area contributed by atoms with Crippen molar-refractivity contribution in [2.75, 3.05) is 5.33 Å². The van der Waals surface area contributed by atoms with Gasteiger partial charge in [-0.2, -0.15) is 0 Å². The molecule has 0 saturated heterocycles. The zero-order valence-electron chi connectivity index (χ0n) is 15.2.